The molecular weight excluding hydrogens is 200 g/mol. The van der Waals surface area contributed by atoms with Crippen molar-refractivity contribution in [2.24, 2.45) is 0 Å². The number of amides is 1. The van der Waals surface area contributed by atoms with Crippen molar-refractivity contribution >= 4 is 11.6 Å². The fraction of sp³-hybridized carbons (Fsp3) is 0.462. The van der Waals surface area contributed by atoms with Gasteiger partial charge >= 0.3 is 0 Å². The SMILES string of the molecule is CCNC(=O)[C@H](C)Nc1ccc(C)cc1C. The number of hydrogen-bond donors (Lipinski definition) is 2. The largest absolute Gasteiger partial charge is 0.374 e. The molecule has 1 rings (SSSR count). The first-order valence-corrected chi connectivity index (χ1v) is 5.66. The summed E-state index contributed by atoms with van der Waals surface area (Å²) in [6, 6.07) is 5.95. The van der Waals surface area contributed by atoms with Gasteiger partial charge in [0.1, 0.15) is 6.04 Å². The van der Waals surface area contributed by atoms with Gasteiger partial charge in [0.05, 0.1) is 0 Å². The zero-order valence-corrected chi connectivity index (χ0v) is 10.4. The van der Waals surface area contributed by atoms with E-state index < -0.39 is 0 Å². The number of rotatable bonds is 4. The zero-order valence-electron chi connectivity index (χ0n) is 10.4. The Morgan fingerprint density at radius 3 is 2.62 bits per heavy atom. The lowest BCUT2D eigenvalue weighted by atomic mass is 10.1. The van der Waals surface area contributed by atoms with E-state index in [1.165, 1.54) is 5.56 Å². The number of benzene rings is 1. The Bertz CT molecular complexity index is 374. The Kier molecular flexibility index (Phi) is 4.35. The maximum absolute atomic E-state index is 11.6. The monoisotopic (exact) mass is 220 g/mol. The van der Waals surface area contributed by atoms with Gasteiger partial charge in [0.15, 0.2) is 0 Å². The molecule has 0 saturated carbocycles. The van der Waals surface area contributed by atoms with Gasteiger partial charge in [0, 0.05) is 12.2 Å². The van der Waals surface area contributed by atoms with Gasteiger partial charge in [-0.2, -0.15) is 0 Å². The van der Waals surface area contributed by atoms with Crippen LogP contribution in [0.3, 0.4) is 0 Å². The third-order valence-electron chi connectivity index (χ3n) is 2.50. The maximum atomic E-state index is 11.6. The highest BCUT2D eigenvalue weighted by Crippen LogP contribution is 2.16. The van der Waals surface area contributed by atoms with Crippen LogP contribution in [0.15, 0.2) is 18.2 Å². The van der Waals surface area contributed by atoms with Crippen LogP contribution in [0.5, 0.6) is 0 Å². The van der Waals surface area contributed by atoms with E-state index in [0.717, 1.165) is 11.3 Å². The Hall–Kier alpha value is -1.51. The molecular formula is C13H20N2O. The van der Waals surface area contributed by atoms with Crippen LogP contribution in [0.25, 0.3) is 0 Å². The van der Waals surface area contributed by atoms with Crippen LogP contribution < -0.4 is 10.6 Å². The van der Waals surface area contributed by atoms with Gasteiger partial charge in [0.2, 0.25) is 5.91 Å². The lowest BCUT2D eigenvalue weighted by Gasteiger charge is -2.16. The van der Waals surface area contributed by atoms with Crippen LogP contribution in [0.1, 0.15) is 25.0 Å². The lowest BCUT2D eigenvalue weighted by molar-refractivity contribution is -0.121. The number of anilines is 1. The molecule has 2 N–H and O–H groups in total. The van der Waals surface area contributed by atoms with E-state index >= 15 is 0 Å². The van der Waals surface area contributed by atoms with Gasteiger partial charge in [-0.3, -0.25) is 4.79 Å². The number of likely N-dealkylation sites (N-methyl/N-ethyl adjacent to an activating group) is 1. The summed E-state index contributed by atoms with van der Waals surface area (Å²) in [6.45, 7) is 8.55. The molecule has 88 valence electrons. The molecule has 1 atom stereocenters. The molecule has 0 aliphatic heterocycles. The Balaban J connectivity index is 2.69. The Morgan fingerprint density at radius 1 is 1.38 bits per heavy atom. The molecule has 0 aliphatic rings. The fourth-order valence-electron chi connectivity index (χ4n) is 1.60. The van der Waals surface area contributed by atoms with E-state index in [4.69, 9.17) is 0 Å². The van der Waals surface area contributed by atoms with E-state index in [-0.39, 0.29) is 11.9 Å². The van der Waals surface area contributed by atoms with Crippen molar-refractivity contribution in [3.8, 4) is 0 Å². The number of carbonyl (C=O) groups excluding carboxylic acids is 1. The highest BCUT2D eigenvalue weighted by atomic mass is 16.2. The molecule has 0 aromatic heterocycles. The molecule has 0 spiro atoms. The summed E-state index contributed by atoms with van der Waals surface area (Å²) in [5, 5.41) is 6.00. The normalized spacial score (nSPS) is 12.0. The molecule has 16 heavy (non-hydrogen) atoms. The Labute approximate surface area is 97.2 Å². The molecule has 0 fully saturated rings. The number of nitrogens with one attached hydrogen (secondary N) is 2. The molecule has 0 aliphatic carbocycles. The zero-order chi connectivity index (χ0) is 12.1. The maximum Gasteiger partial charge on any atom is 0.242 e. The molecule has 1 amide bonds. The average molecular weight is 220 g/mol. The summed E-state index contributed by atoms with van der Waals surface area (Å²) in [5.41, 5.74) is 3.41. The van der Waals surface area contributed by atoms with Gasteiger partial charge < -0.3 is 10.6 Å². The summed E-state index contributed by atoms with van der Waals surface area (Å²) in [7, 11) is 0. The first-order valence-electron chi connectivity index (χ1n) is 5.66. The molecule has 3 heteroatoms. The van der Waals surface area contributed by atoms with Crippen LogP contribution in [-0.4, -0.2) is 18.5 Å². The van der Waals surface area contributed by atoms with Gasteiger partial charge in [0.25, 0.3) is 0 Å². The minimum absolute atomic E-state index is 0.0301. The number of carbonyl (C=O) groups is 1. The second-order valence-corrected chi connectivity index (χ2v) is 4.08. The third kappa shape index (κ3) is 3.26. The average Bonchev–Trinajstić information content (AvgIpc) is 2.22. The lowest BCUT2D eigenvalue weighted by Crippen LogP contribution is -2.37. The smallest absolute Gasteiger partial charge is 0.242 e. The van der Waals surface area contributed by atoms with Crippen LogP contribution in [-0.2, 0) is 4.79 Å². The summed E-state index contributed by atoms with van der Waals surface area (Å²) < 4.78 is 0. The van der Waals surface area contributed by atoms with Crippen molar-refractivity contribution in [2.75, 3.05) is 11.9 Å². The van der Waals surface area contributed by atoms with Gasteiger partial charge in [-0.15, -0.1) is 0 Å². The predicted octanol–water partition coefficient (Wildman–Crippen LogP) is 2.24. The van der Waals surface area contributed by atoms with Crippen molar-refractivity contribution in [3.63, 3.8) is 0 Å². The minimum atomic E-state index is -0.207. The first kappa shape index (κ1) is 12.6. The molecule has 1 aromatic rings. The van der Waals surface area contributed by atoms with Gasteiger partial charge in [-0.25, -0.2) is 0 Å². The molecule has 0 bridgehead atoms. The minimum Gasteiger partial charge on any atom is -0.374 e. The number of aryl methyl sites for hydroxylation is 2. The van der Waals surface area contributed by atoms with Gasteiger partial charge in [-0.1, -0.05) is 17.7 Å². The van der Waals surface area contributed by atoms with Gasteiger partial charge in [-0.05, 0) is 39.3 Å². The molecule has 0 heterocycles. The topological polar surface area (TPSA) is 41.1 Å². The highest BCUT2D eigenvalue weighted by Gasteiger charge is 2.11. The summed E-state index contributed by atoms with van der Waals surface area (Å²) in [4.78, 5) is 11.6. The van der Waals surface area contributed by atoms with E-state index in [2.05, 4.69) is 23.6 Å². The first-order chi connectivity index (χ1) is 7.54. The van der Waals surface area contributed by atoms with Crippen molar-refractivity contribution in [3.05, 3.63) is 29.3 Å². The van der Waals surface area contributed by atoms with E-state index in [0.29, 0.717) is 6.54 Å². The molecule has 3 nitrogen and oxygen atoms in total. The molecule has 1 aromatic carbocycles. The third-order valence-corrected chi connectivity index (χ3v) is 2.50. The fourth-order valence-corrected chi connectivity index (χ4v) is 1.60. The van der Waals surface area contributed by atoms with Crippen LogP contribution in [0.4, 0.5) is 5.69 Å². The van der Waals surface area contributed by atoms with Crippen molar-refractivity contribution < 1.29 is 4.79 Å². The second kappa shape index (κ2) is 5.54. The summed E-state index contributed by atoms with van der Waals surface area (Å²) in [6.07, 6.45) is 0. The summed E-state index contributed by atoms with van der Waals surface area (Å²) >= 11 is 0. The van der Waals surface area contributed by atoms with Crippen molar-refractivity contribution in [2.45, 2.75) is 33.7 Å². The van der Waals surface area contributed by atoms with Crippen molar-refractivity contribution in [1.82, 2.24) is 5.32 Å². The van der Waals surface area contributed by atoms with E-state index in [1.54, 1.807) is 0 Å². The standard InChI is InChI=1S/C13H20N2O/c1-5-14-13(16)11(4)15-12-7-6-9(2)8-10(12)3/h6-8,11,15H,5H2,1-4H3,(H,14,16)/t11-/m0/s1. The Morgan fingerprint density at radius 2 is 2.06 bits per heavy atom. The molecule has 0 unspecified atom stereocenters. The van der Waals surface area contributed by atoms with E-state index in [9.17, 15) is 4.79 Å². The predicted molar refractivity (Wildman–Crippen MR) is 67.7 cm³/mol. The molecule has 0 saturated heterocycles. The number of hydrogen-bond acceptors (Lipinski definition) is 2. The van der Waals surface area contributed by atoms with Crippen molar-refractivity contribution in [1.29, 1.82) is 0 Å². The second-order valence-electron chi connectivity index (χ2n) is 4.08. The van der Waals surface area contributed by atoms with Crippen LogP contribution in [0, 0.1) is 13.8 Å². The highest BCUT2D eigenvalue weighted by molar-refractivity contribution is 5.84. The van der Waals surface area contributed by atoms with Crippen LogP contribution >= 0.6 is 0 Å². The molecule has 0 radical (unpaired) electrons. The summed E-state index contributed by atoms with van der Waals surface area (Å²) in [5.74, 6) is 0.0301. The van der Waals surface area contributed by atoms with Crippen LogP contribution in [0.2, 0.25) is 0 Å². The van der Waals surface area contributed by atoms with E-state index in [1.807, 2.05) is 32.9 Å². The quantitative estimate of drug-likeness (QED) is 0.817.